The van der Waals surface area contributed by atoms with E-state index in [4.69, 9.17) is 0 Å². The molecule has 0 fully saturated rings. The predicted octanol–water partition coefficient (Wildman–Crippen LogP) is -0.110. The largest absolute Gasteiger partial charge is 0.548 e. The van der Waals surface area contributed by atoms with Crippen LogP contribution in [0.5, 0.6) is 0 Å². The Bertz CT molecular complexity index is 665. The zero-order valence-electron chi connectivity index (χ0n) is 11.2. The van der Waals surface area contributed by atoms with Crippen LogP contribution in [0.2, 0.25) is 0 Å². The summed E-state index contributed by atoms with van der Waals surface area (Å²) in [5.41, 5.74) is 0.391. The summed E-state index contributed by atoms with van der Waals surface area (Å²) in [5, 5.41) is 11.1. The quantitative estimate of drug-likeness (QED) is 0.837. The number of carbonyl (C=O) groups is 1. The second-order valence-corrected chi connectivity index (χ2v) is 6.69. The van der Waals surface area contributed by atoms with E-state index in [0.29, 0.717) is 5.56 Å². The van der Waals surface area contributed by atoms with E-state index in [1.165, 1.54) is 6.07 Å². The van der Waals surface area contributed by atoms with Crippen molar-refractivity contribution in [1.82, 2.24) is 4.72 Å². The number of carboxylic acid groups (broad SMARTS) is 1. The van der Waals surface area contributed by atoms with Crippen molar-refractivity contribution in [1.29, 1.82) is 0 Å². The van der Waals surface area contributed by atoms with Crippen LogP contribution >= 0.6 is 0 Å². The third-order valence-corrected chi connectivity index (χ3v) is 4.31. The SMILES string of the molecule is CC(C)C[C@@H](N=C1NS(=O)(=O)c2ccccc21)C(=O)[O-]. The van der Waals surface area contributed by atoms with Gasteiger partial charge in [0.1, 0.15) is 5.84 Å². The molecule has 0 radical (unpaired) electrons. The molecule has 1 aromatic rings. The van der Waals surface area contributed by atoms with E-state index >= 15 is 0 Å². The van der Waals surface area contributed by atoms with E-state index in [-0.39, 0.29) is 23.1 Å². The summed E-state index contributed by atoms with van der Waals surface area (Å²) >= 11 is 0. The lowest BCUT2D eigenvalue weighted by Gasteiger charge is -2.16. The molecule has 1 aliphatic heterocycles. The number of hydrogen-bond acceptors (Lipinski definition) is 5. The normalized spacial score (nSPS) is 19.6. The number of benzene rings is 1. The first-order valence-corrected chi connectivity index (χ1v) is 7.70. The highest BCUT2D eigenvalue weighted by Crippen LogP contribution is 2.23. The molecule has 0 bridgehead atoms. The minimum absolute atomic E-state index is 0.0652. The van der Waals surface area contributed by atoms with Gasteiger partial charge in [-0.25, -0.2) is 8.42 Å². The fourth-order valence-electron chi connectivity index (χ4n) is 2.03. The fourth-order valence-corrected chi connectivity index (χ4v) is 3.27. The Labute approximate surface area is 117 Å². The molecule has 7 heteroatoms. The van der Waals surface area contributed by atoms with Crippen molar-refractivity contribution in [2.24, 2.45) is 10.9 Å². The van der Waals surface area contributed by atoms with Crippen molar-refractivity contribution < 1.29 is 18.3 Å². The number of rotatable bonds is 4. The number of amidine groups is 1. The average molecular weight is 295 g/mol. The molecule has 20 heavy (non-hydrogen) atoms. The lowest BCUT2D eigenvalue weighted by atomic mass is 10.0. The summed E-state index contributed by atoms with van der Waals surface area (Å²) in [6, 6.07) is 5.25. The maximum absolute atomic E-state index is 11.9. The van der Waals surface area contributed by atoms with Crippen molar-refractivity contribution >= 4 is 21.8 Å². The van der Waals surface area contributed by atoms with Crippen LogP contribution in [0.3, 0.4) is 0 Å². The van der Waals surface area contributed by atoms with Crippen molar-refractivity contribution in [3.63, 3.8) is 0 Å². The maximum Gasteiger partial charge on any atom is 0.263 e. The zero-order chi connectivity index (χ0) is 14.9. The van der Waals surface area contributed by atoms with E-state index in [9.17, 15) is 18.3 Å². The third kappa shape index (κ3) is 2.82. The van der Waals surface area contributed by atoms with Gasteiger partial charge in [0.05, 0.1) is 16.9 Å². The Morgan fingerprint density at radius 3 is 2.60 bits per heavy atom. The van der Waals surface area contributed by atoms with Gasteiger partial charge in [-0.3, -0.25) is 9.71 Å². The van der Waals surface area contributed by atoms with Crippen molar-refractivity contribution in [2.75, 3.05) is 0 Å². The smallest absolute Gasteiger partial charge is 0.263 e. The molecule has 1 N–H and O–H groups in total. The highest BCUT2D eigenvalue weighted by atomic mass is 32.2. The average Bonchev–Trinajstić information content (AvgIpc) is 2.60. The summed E-state index contributed by atoms with van der Waals surface area (Å²) in [6.07, 6.45) is 0.287. The van der Waals surface area contributed by atoms with Crippen LogP contribution in [0, 0.1) is 5.92 Å². The van der Waals surface area contributed by atoms with Gasteiger partial charge in [0.2, 0.25) is 0 Å². The van der Waals surface area contributed by atoms with Crippen LogP contribution in [0.15, 0.2) is 34.2 Å². The molecule has 2 rings (SSSR count). The van der Waals surface area contributed by atoms with Crippen LogP contribution in [0.25, 0.3) is 0 Å². The van der Waals surface area contributed by atoms with E-state index in [1.807, 2.05) is 13.8 Å². The summed E-state index contributed by atoms with van der Waals surface area (Å²) < 4.78 is 26.0. The van der Waals surface area contributed by atoms with Gasteiger partial charge >= 0.3 is 0 Å². The van der Waals surface area contributed by atoms with E-state index < -0.39 is 22.0 Å². The molecule has 1 heterocycles. The van der Waals surface area contributed by atoms with Crippen LogP contribution in [0.4, 0.5) is 0 Å². The van der Waals surface area contributed by atoms with Gasteiger partial charge < -0.3 is 9.90 Å². The van der Waals surface area contributed by atoms with Gasteiger partial charge in [-0.2, -0.15) is 0 Å². The van der Waals surface area contributed by atoms with Crippen LogP contribution in [0.1, 0.15) is 25.8 Å². The van der Waals surface area contributed by atoms with E-state index in [1.54, 1.807) is 18.2 Å². The minimum atomic E-state index is -3.65. The number of sulfonamides is 1. The number of carboxylic acids is 1. The third-order valence-electron chi connectivity index (χ3n) is 2.91. The van der Waals surface area contributed by atoms with Gasteiger partial charge in [-0.05, 0) is 24.5 Å². The molecule has 0 aliphatic carbocycles. The molecule has 6 nitrogen and oxygen atoms in total. The van der Waals surface area contributed by atoms with Gasteiger partial charge in [-0.15, -0.1) is 0 Å². The molecule has 0 unspecified atom stereocenters. The molecule has 1 atom stereocenters. The lowest BCUT2D eigenvalue weighted by Crippen LogP contribution is -2.37. The molecule has 0 amide bonds. The highest BCUT2D eigenvalue weighted by molar-refractivity contribution is 7.90. The van der Waals surface area contributed by atoms with Gasteiger partial charge in [-0.1, -0.05) is 26.0 Å². The summed E-state index contributed by atoms with van der Waals surface area (Å²) in [6.45, 7) is 3.73. The van der Waals surface area contributed by atoms with Gasteiger partial charge in [0, 0.05) is 5.56 Å². The summed E-state index contributed by atoms with van der Waals surface area (Å²) in [5.74, 6) is -1.14. The number of carbonyl (C=O) groups excluding carboxylic acids is 1. The Morgan fingerprint density at radius 1 is 1.35 bits per heavy atom. The molecule has 0 spiro atoms. The van der Waals surface area contributed by atoms with E-state index in [0.717, 1.165) is 0 Å². The van der Waals surface area contributed by atoms with Crippen LogP contribution in [-0.2, 0) is 14.8 Å². The molecule has 0 saturated carbocycles. The molecule has 108 valence electrons. The Hall–Kier alpha value is -1.89. The topological polar surface area (TPSA) is 98.7 Å². The van der Waals surface area contributed by atoms with Crippen molar-refractivity contribution in [3.8, 4) is 0 Å². The number of fused-ring (bicyclic) bond motifs is 1. The highest BCUT2D eigenvalue weighted by Gasteiger charge is 2.31. The minimum Gasteiger partial charge on any atom is -0.548 e. The molecular weight excluding hydrogens is 280 g/mol. The Morgan fingerprint density at radius 2 is 2.00 bits per heavy atom. The first-order chi connectivity index (χ1) is 9.31. The second kappa shape index (κ2) is 5.24. The second-order valence-electron chi connectivity index (χ2n) is 5.04. The van der Waals surface area contributed by atoms with Crippen molar-refractivity contribution in [3.05, 3.63) is 29.8 Å². The monoisotopic (exact) mass is 295 g/mol. The fraction of sp³-hybridized carbons (Fsp3) is 0.385. The first-order valence-electron chi connectivity index (χ1n) is 6.22. The number of aliphatic imine (C=N–C) groups is 1. The number of nitrogens with one attached hydrogen (secondary N) is 1. The van der Waals surface area contributed by atoms with Gasteiger partial charge in [0.25, 0.3) is 10.0 Å². The molecular formula is C13H15N2O4S-. The summed E-state index contributed by atoms with van der Waals surface area (Å²) in [7, 11) is -3.65. The Kier molecular flexibility index (Phi) is 3.80. The number of nitrogens with zero attached hydrogens (tertiary/aromatic N) is 1. The predicted molar refractivity (Wildman–Crippen MR) is 71.6 cm³/mol. The number of aliphatic carboxylic acids is 1. The first kappa shape index (κ1) is 14.5. The van der Waals surface area contributed by atoms with Gasteiger partial charge in [0.15, 0.2) is 0 Å². The molecule has 0 aromatic heterocycles. The van der Waals surface area contributed by atoms with Crippen LogP contribution in [-0.4, -0.2) is 26.3 Å². The Balaban J connectivity index is 2.43. The van der Waals surface area contributed by atoms with Crippen molar-refractivity contribution in [2.45, 2.75) is 31.2 Å². The van der Waals surface area contributed by atoms with E-state index in [2.05, 4.69) is 9.71 Å². The zero-order valence-corrected chi connectivity index (χ0v) is 12.0. The van der Waals surface area contributed by atoms with Crippen LogP contribution < -0.4 is 9.83 Å². The molecule has 1 aliphatic rings. The maximum atomic E-state index is 11.9. The lowest BCUT2D eigenvalue weighted by molar-refractivity contribution is -0.307. The number of hydrogen-bond donors (Lipinski definition) is 1. The standard InChI is InChI=1S/C13H16N2O4S/c1-8(2)7-10(13(16)17)14-12-9-5-3-4-6-11(9)20(18,19)15-12/h3-6,8,10H,7H2,1-2H3,(H,14,15)(H,16,17)/p-1/t10-/m1/s1. The molecule has 1 aromatic carbocycles. The summed E-state index contributed by atoms with van der Waals surface area (Å²) in [4.78, 5) is 15.2. The molecule has 0 saturated heterocycles.